The van der Waals surface area contributed by atoms with Gasteiger partial charge >= 0.3 is 28.2 Å². The van der Waals surface area contributed by atoms with Crippen LogP contribution in [0.1, 0.15) is 77.0 Å². The van der Waals surface area contributed by atoms with Gasteiger partial charge in [-0.1, -0.05) is 121 Å². The second-order valence-corrected chi connectivity index (χ2v) is 25.3. The molecular formula is C48H58Cl2P2PtS2. The Morgan fingerprint density at radius 1 is 0.418 bits per heavy atom. The zero-order chi connectivity index (χ0) is 36.8. The molecule has 8 fully saturated rings. The Bertz CT molecular complexity index is 1450. The number of rotatable bonds is 12. The van der Waals surface area contributed by atoms with Crippen molar-refractivity contribution in [3.63, 3.8) is 0 Å². The second-order valence-electron chi connectivity index (χ2n) is 17.5. The summed E-state index contributed by atoms with van der Waals surface area (Å²) >= 11 is 6.35. The van der Waals surface area contributed by atoms with Gasteiger partial charge in [0.25, 0.3) is 0 Å². The van der Waals surface area contributed by atoms with Crippen LogP contribution in [-0.2, 0) is 18.8 Å². The van der Waals surface area contributed by atoms with Crippen LogP contribution in [0.25, 0.3) is 0 Å². The molecule has 0 N–H and O–H groups in total. The first-order valence-corrected chi connectivity index (χ1v) is 28.6. The molecule has 0 heterocycles. The summed E-state index contributed by atoms with van der Waals surface area (Å²) in [6.45, 7) is 0. The van der Waals surface area contributed by atoms with Gasteiger partial charge < -0.3 is 12.4 Å². The standard InChI is InChI=1S/2C24H29PS.2ClH.Pt/c2*1-3-7-22(8-4-1)25(23-9-5-2-6-10-23)11-12-26-24-16-19-13-20(17-24)15-21(14-19)18-24;;;/h2*1-10,19-21H,11-18H2;2*1H;/q;;;;+2/p-2. The molecule has 0 aromatic heterocycles. The summed E-state index contributed by atoms with van der Waals surface area (Å²) in [7, 11) is 4.17. The summed E-state index contributed by atoms with van der Waals surface area (Å²) in [5.74, 6) is 9.08. The van der Waals surface area contributed by atoms with Crippen molar-refractivity contribution < 1.29 is 31.2 Å². The summed E-state index contributed by atoms with van der Waals surface area (Å²) in [5.41, 5.74) is 0. The van der Waals surface area contributed by atoms with Gasteiger partial charge in [-0.25, -0.2) is 0 Å². The first-order chi connectivity index (χ1) is 26.6. The van der Waals surface area contributed by atoms with Gasteiger partial charge in [0.1, 0.15) is 0 Å². The van der Waals surface area contributed by atoms with Crippen molar-refractivity contribution in [1.82, 2.24) is 0 Å². The fraction of sp³-hybridized carbons (Fsp3) is 0.500. The molecule has 0 aliphatic heterocycles. The van der Waals surface area contributed by atoms with E-state index in [9.17, 15) is 0 Å². The van der Waals surface area contributed by atoms with Crippen molar-refractivity contribution in [2.45, 2.75) is 86.5 Å². The maximum atomic E-state index is 4.61. The molecule has 8 saturated carbocycles. The first kappa shape index (κ1) is 42.8. The van der Waals surface area contributed by atoms with Crippen LogP contribution < -0.4 is 33.6 Å². The summed E-state index contributed by atoms with van der Waals surface area (Å²) in [6, 6.07) is 45.0. The molecule has 0 atom stereocenters. The fourth-order valence-corrected chi connectivity index (χ4v) is 21.3. The van der Waals surface area contributed by atoms with Crippen LogP contribution in [0.4, 0.5) is 0 Å². The molecule has 8 aliphatic rings. The van der Waals surface area contributed by atoms with E-state index in [2.05, 4.69) is 154 Å². The zero-order valence-electron chi connectivity index (χ0n) is 32.1. The van der Waals surface area contributed by atoms with Crippen LogP contribution in [0.2, 0.25) is 0 Å². The van der Waals surface area contributed by atoms with Gasteiger partial charge in [0.2, 0.25) is 0 Å². The summed E-state index contributed by atoms with van der Waals surface area (Å²) < 4.78 is 1.31. The van der Waals surface area contributed by atoms with Crippen LogP contribution in [-0.4, -0.2) is 33.3 Å². The van der Waals surface area contributed by atoms with Gasteiger partial charge in [-0.2, -0.15) is 23.5 Å². The SMILES string of the molecule is [Cl-].[Cl][Pt+].c1ccc(P(CCSC23CC4CC(CC(C4)C2)C3)c2ccccc2)cc1.c1ccc(P(CCSC23CC4CC(CC(C4)C2)C3)c2ccccc2)cc1. The molecule has 12 rings (SSSR count). The average Bonchev–Trinajstić information content (AvgIpc) is 3.20. The van der Waals surface area contributed by atoms with Crippen molar-refractivity contribution in [2.75, 3.05) is 23.8 Å². The van der Waals surface area contributed by atoms with Gasteiger partial charge in [-0.15, -0.1) is 0 Å². The molecule has 0 radical (unpaired) electrons. The van der Waals surface area contributed by atoms with E-state index in [-0.39, 0.29) is 28.3 Å². The Morgan fingerprint density at radius 3 is 0.855 bits per heavy atom. The topological polar surface area (TPSA) is 0 Å². The van der Waals surface area contributed by atoms with E-state index in [0.29, 0.717) is 9.49 Å². The largest absolute Gasteiger partial charge is 0.155 e. The molecule has 4 aromatic carbocycles. The minimum absolute atomic E-state index is 0. The van der Waals surface area contributed by atoms with Gasteiger partial charge in [-0.05, 0) is 173 Å². The fourth-order valence-electron chi connectivity index (χ4n) is 12.4. The van der Waals surface area contributed by atoms with Gasteiger partial charge in [0, 0.05) is 9.49 Å². The normalized spacial score (nSPS) is 30.6. The smallest absolute Gasteiger partial charge is 0.0168 e. The molecule has 8 bridgehead atoms. The zero-order valence-corrected chi connectivity index (χ0v) is 39.3. The van der Waals surface area contributed by atoms with Crippen LogP contribution in [0.15, 0.2) is 121 Å². The van der Waals surface area contributed by atoms with Crippen LogP contribution in [0.3, 0.4) is 0 Å². The van der Waals surface area contributed by atoms with Crippen LogP contribution in [0.5, 0.6) is 0 Å². The van der Waals surface area contributed by atoms with Crippen LogP contribution >= 0.6 is 48.8 Å². The molecule has 0 spiro atoms. The molecule has 4 aromatic rings. The third-order valence-corrected chi connectivity index (χ3v) is 22.4. The van der Waals surface area contributed by atoms with Crippen LogP contribution in [0, 0.1) is 35.5 Å². The molecule has 0 nitrogen and oxygen atoms in total. The Hall–Kier alpha value is -0.292. The predicted octanol–water partition coefficient (Wildman–Crippen LogP) is 9.33. The third kappa shape index (κ3) is 10.7. The van der Waals surface area contributed by atoms with E-state index in [1.165, 1.54) is 62.4 Å². The second kappa shape index (κ2) is 20.3. The first-order valence-electron chi connectivity index (χ1n) is 20.7. The Kier molecular flexibility index (Phi) is 15.8. The number of thioether (sulfide) groups is 2. The van der Waals surface area contributed by atoms with E-state index < -0.39 is 0 Å². The molecule has 7 heteroatoms. The number of hydrogen-bond donors (Lipinski definition) is 0. The van der Waals surface area contributed by atoms with Crippen molar-refractivity contribution >= 4 is 70.0 Å². The predicted molar refractivity (Wildman–Crippen MR) is 240 cm³/mol. The van der Waals surface area contributed by atoms with E-state index in [1.54, 1.807) is 78.5 Å². The summed E-state index contributed by atoms with van der Waals surface area (Å²) in [6.07, 6.45) is 21.2. The van der Waals surface area contributed by atoms with Gasteiger partial charge in [0.15, 0.2) is 0 Å². The van der Waals surface area contributed by atoms with E-state index in [0.717, 1.165) is 35.5 Å². The minimum atomic E-state index is -0.219. The Labute approximate surface area is 365 Å². The maximum absolute atomic E-state index is 4.61. The number of benzene rings is 4. The van der Waals surface area contributed by atoms with Gasteiger partial charge in [0.05, 0.1) is 0 Å². The molecule has 8 aliphatic carbocycles. The number of halogens is 2. The van der Waals surface area contributed by atoms with Crippen molar-refractivity contribution in [1.29, 1.82) is 0 Å². The van der Waals surface area contributed by atoms with E-state index in [1.807, 2.05) is 0 Å². The Morgan fingerprint density at radius 2 is 0.636 bits per heavy atom. The molecule has 0 saturated heterocycles. The number of hydrogen-bond acceptors (Lipinski definition) is 2. The van der Waals surface area contributed by atoms with Crippen molar-refractivity contribution in [3.8, 4) is 0 Å². The molecule has 0 amide bonds. The van der Waals surface area contributed by atoms with E-state index >= 15 is 0 Å². The monoisotopic (exact) mass is 1030 g/mol. The van der Waals surface area contributed by atoms with Crippen molar-refractivity contribution in [3.05, 3.63) is 121 Å². The maximum Gasteiger partial charge on any atom is 0.0168 e. The van der Waals surface area contributed by atoms with E-state index in [4.69, 9.17) is 0 Å². The summed E-state index contributed by atoms with van der Waals surface area (Å²) in [4.78, 5) is 0. The van der Waals surface area contributed by atoms with Crippen molar-refractivity contribution in [2.24, 2.45) is 35.5 Å². The molecule has 55 heavy (non-hydrogen) atoms. The summed E-state index contributed by atoms with van der Waals surface area (Å²) in [5, 5.41) is 6.17. The Balaban J connectivity index is 0.000000159. The average molecular weight is 1030 g/mol. The molecule has 0 unspecified atom stereocenters. The third-order valence-electron chi connectivity index (χ3n) is 13.7. The van der Waals surface area contributed by atoms with Gasteiger partial charge in [-0.3, -0.25) is 0 Å². The molecular weight excluding hydrogens is 969 g/mol. The quantitative estimate of drug-likeness (QED) is 0.130. The molecule has 296 valence electrons. The minimum Gasteiger partial charge on any atom is -0.155 e.